The lowest BCUT2D eigenvalue weighted by atomic mass is 10.3. The minimum Gasteiger partial charge on any atom is -0.396 e. The summed E-state index contributed by atoms with van der Waals surface area (Å²) in [6.07, 6.45) is 4.03. The number of hydrogen-bond donors (Lipinski definition) is 2. The van der Waals surface area contributed by atoms with Crippen LogP contribution in [0, 0.1) is 6.92 Å². The summed E-state index contributed by atoms with van der Waals surface area (Å²) < 4.78 is 4.90. The molecule has 19 heavy (non-hydrogen) atoms. The second-order valence-electron chi connectivity index (χ2n) is 5.00. The fraction of sp³-hybridized carbons (Fsp3) is 0.692. The summed E-state index contributed by atoms with van der Waals surface area (Å²) in [4.78, 5) is 14.1. The molecule has 1 aromatic rings. The number of anilines is 1. The zero-order valence-electron chi connectivity index (χ0n) is 11.3. The third-order valence-electron chi connectivity index (χ3n) is 3.16. The van der Waals surface area contributed by atoms with Crippen LogP contribution in [0.3, 0.4) is 0 Å². The number of aromatic nitrogens is 1. The maximum atomic E-state index is 11.9. The summed E-state index contributed by atoms with van der Waals surface area (Å²) in [6, 6.07) is 2.23. The number of rotatable bonds is 8. The molecule has 1 saturated carbocycles. The zero-order chi connectivity index (χ0) is 13.7. The Balaban J connectivity index is 1.77. The molecule has 0 aliphatic heterocycles. The molecule has 0 bridgehead atoms. The van der Waals surface area contributed by atoms with E-state index < -0.39 is 0 Å². The van der Waals surface area contributed by atoms with Crippen LogP contribution in [-0.4, -0.2) is 46.8 Å². The number of carbonyl (C=O) groups excluding carboxylic acids is 1. The lowest BCUT2D eigenvalue weighted by Gasteiger charge is -2.20. The minimum atomic E-state index is -0.0656. The number of nitrogens with one attached hydrogen (secondary N) is 1. The van der Waals surface area contributed by atoms with Crippen molar-refractivity contribution >= 4 is 11.7 Å². The summed E-state index contributed by atoms with van der Waals surface area (Å²) >= 11 is 0. The summed E-state index contributed by atoms with van der Waals surface area (Å²) in [7, 11) is 0. The first-order valence-electron chi connectivity index (χ1n) is 6.77. The summed E-state index contributed by atoms with van der Waals surface area (Å²) in [5.74, 6) is 1.08. The molecule has 0 unspecified atom stereocenters. The van der Waals surface area contributed by atoms with Crippen molar-refractivity contribution in [2.75, 3.05) is 25.0 Å². The largest absolute Gasteiger partial charge is 0.396 e. The highest BCUT2D eigenvalue weighted by atomic mass is 16.5. The molecule has 0 saturated heterocycles. The van der Waals surface area contributed by atoms with Crippen LogP contribution < -0.4 is 5.32 Å². The molecule has 106 valence electrons. The van der Waals surface area contributed by atoms with Crippen LogP contribution in [0.1, 0.15) is 31.4 Å². The molecular formula is C13H21N3O3. The van der Waals surface area contributed by atoms with Gasteiger partial charge in [-0.05, 0) is 39.2 Å². The Morgan fingerprint density at radius 1 is 1.58 bits per heavy atom. The van der Waals surface area contributed by atoms with Crippen LogP contribution in [0.2, 0.25) is 0 Å². The van der Waals surface area contributed by atoms with Gasteiger partial charge in [0.05, 0.1) is 6.54 Å². The SMILES string of the molecule is Cc1cc(NC(=O)CN(CCCCO)C2CC2)no1. The first-order chi connectivity index (χ1) is 9.19. The van der Waals surface area contributed by atoms with E-state index in [0.29, 0.717) is 24.2 Å². The van der Waals surface area contributed by atoms with Gasteiger partial charge in [-0.15, -0.1) is 0 Å². The van der Waals surface area contributed by atoms with Gasteiger partial charge in [0, 0.05) is 18.7 Å². The third-order valence-corrected chi connectivity index (χ3v) is 3.16. The Kier molecular flexibility index (Phi) is 4.93. The maximum absolute atomic E-state index is 11.9. The quantitative estimate of drug-likeness (QED) is 0.691. The molecule has 6 nitrogen and oxygen atoms in total. The van der Waals surface area contributed by atoms with E-state index in [1.54, 1.807) is 13.0 Å². The Morgan fingerprint density at radius 3 is 2.95 bits per heavy atom. The number of aryl methyl sites for hydroxylation is 1. The van der Waals surface area contributed by atoms with Crippen molar-refractivity contribution in [2.24, 2.45) is 0 Å². The van der Waals surface area contributed by atoms with Crippen molar-refractivity contribution in [3.63, 3.8) is 0 Å². The first kappa shape index (κ1) is 14.0. The molecule has 1 aromatic heterocycles. The highest BCUT2D eigenvalue weighted by molar-refractivity contribution is 5.91. The van der Waals surface area contributed by atoms with Gasteiger partial charge in [0.2, 0.25) is 5.91 Å². The predicted octanol–water partition coefficient (Wildman–Crippen LogP) is 1.16. The molecule has 0 spiro atoms. The maximum Gasteiger partial charge on any atom is 0.239 e. The van der Waals surface area contributed by atoms with E-state index in [9.17, 15) is 4.79 Å². The van der Waals surface area contributed by atoms with Crippen LogP contribution in [0.4, 0.5) is 5.82 Å². The van der Waals surface area contributed by atoms with Gasteiger partial charge in [0.15, 0.2) is 5.82 Å². The highest BCUT2D eigenvalue weighted by Crippen LogP contribution is 2.26. The number of aliphatic hydroxyl groups excluding tert-OH is 1. The van der Waals surface area contributed by atoms with Crippen LogP contribution in [0.5, 0.6) is 0 Å². The third kappa shape index (κ3) is 4.65. The molecule has 0 radical (unpaired) electrons. The van der Waals surface area contributed by atoms with Crippen molar-refractivity contribution in [3.05, 3.63) is 11.8 Å². The Labute approximate surface area is 112 Å². The van der Waals surface area contributed by atoms with E-state index in [1.165, 1.54) is 0 Å². The van der Waals surface area contributed by atoms with E-state index in [1.807, 2.05) is 0 Å². The van der Waals surface area contributed by atoms with Gasteiger partial charge in [-0.2, -0.15) is 0 Å². The van der Waals surface area contributed by atoms with Gasteiger partial charge >= 0.3 is 0 Å². The molecule has 1 aliphatic carbocycles. The Hall–Kier alpha value is -1.40. The molecular weight excluding hydrogens is 246 g/mol. The minimum absolute atomic E-state index is 0.0656. The summed E-state index contributed by atoms with van der Waals surface area (Å²) in [5, 5.41) is 15.3. The molecule has 6 heteroatoms. The number of hydrogen-bond acceptors (Lipinski definition) is 5. The Morgan fingerprint density at radius 2 is 2.37 bits per heavy atom. The van der Waals surface area contributed by atoms with Crippen molar-refractivity contribution in [2.45, 2.75) is 38.6 Å². The van der Waals surface area contributed by atoms with E-state index in [-0.39, 0.29) is 12.5 Å². The van der Waals surface area contributed by atoms with E-state index >= 15 is 0 Å². The van der Waals surface area contributed by atoms with Crippen LogP contribution in [0.15, 0.2) is 10.6 Å². The zero-order valence-corrected chi connectivity index (χ0v) is 11.3. The van der Waals surface area contributed by atoms with Crippen molar-refractivity contribution in [1.29, 1.82) is 0 Å². The number of nitrogens with zero attached hydrogens (tertiary/aromatic N) is 2. The number of amides is 1. The van der Waals surface area contributed by atoms with Crippen LogP contribution in [0.25, 0.3) is 0 Å². The van der Waals surface area contributed by atoms with E-state index in [0.717, 1.165) is 32.2 Å². The lowest BCUT2D eigenvalue weighted by Crippen LogP contribution is -2.35. The van der Waals surface area contributed by atoms with Gasteiger partial charge in [0.1, 0.15) is 5.76 Å². The van der Waals surface area contributed by atoms with Gasteiger partial charge in [-0.1, -0.05) is 5.16 Å². The van der Waals surface area contributed by atoms with Crippen molar-refractivity contribution in [1.82, 2.24) is 10.1 Å². The molecule has 1 amide bonds. The number of carbonyl (C=O) groups is 1. The molecule has 1 aliphatic rings. The van der Waals surface area contributed by atoms with Crippen molar-refractivity contribution < 1.29 is 14.4 Å². The smallest absolute Gasteiger partial charge is 0.239 e. The van der Waals surface area contributed by atoms with Crippen molar-refractivity contribution in [3.8, 4) is 0 Å². The van der Waals surface area contributed by atoms with Gasteiger partial charge in [-0.25, -0.2) is 0 Å². The predicted molar refractivity (Wildman–Crippen MR) is 70.8 cm³/mol. The molecule has 1 heterocycles. The lowest BCUT2D eigenvalue weighted by molar-refractivity contribution is -0.117. The second kappa shape index (κ2) is 6.68. The normalized spacial score (nSPS) is 14.9. The average Bonchev–Trinajstić information content (AvgIpc) is 3.13. The summed E-state index contributed by atoms with van der Waals surface area (Å²) in [5.41, 5.74) is 0. The van der Waals surface area contributed by atoms with Gasteiger partial charge < -0.3 is 14.9 Å². The van der Waals surface area contributed by atoms with Crippen LogP contribution in [-0.2, 0) is 4.79 Å². The summed E-state index contributed by atoms with van der Waals surface area (Å²) in [6.45, 7) is 3.23. The highest BCUT2D eigenvalue weighted by Gasteiger charge is 2.29. The fourth-order valence-corrected chi connectivity index (χ4v) is 2.05. The van der Waals surface area contributed by atoms with E-state index in [4.69, 9.17) is 9.63 Å². The van der Waals surface area contributed by atoms with E-state index in [2.05, 4.69) is 15.4 Å². The Bertz CT molecular complexity index is 415. The second-order valence-corrected chi connectivity index (χ2v) is 5.00. The topological polar surface area (TPSA) is 78.6 Å². The number of aliphatic hydroxyl groups is 1. The molecule has 0 aromatic carbocycles. The standard InChI is InChI=1S/C13H21N3O3/c1-10-8-12(15-19-10)14-13(18)9-16(11-4-5-11)6-2-3-7-17/h8,11,17H,2-7,9H2,1H3,(H,14,15,18). The molecule has 2 N–H and O–H groups in total. The molecule has 0 atom stereocenters. The number of unbranched alkanes of at least 4 members (excludes halogenated alkanes) is 1. The first-order valence-corrected chi connectivity index (χ1v) is 6.77. The average molecular weight is 267 g/mol. The van der Waals surface area contributed by atoms with Gasteiger partial charge in [0.25, 0.3) is 0 Å². The molecule has 2 rings (SSSR count). The fourth-order valence-electron chi connectivity index (χ4n) is 2.05. The van der Waals surface area contributed by atoms with Gasteiger partial charge in [-0.3, -0.25) is 9.69 Å². The monoisotopic (exact) mass is 267 g/mol. The van der Waals surface area contributed by atoms with Crippen LogP contribution >= 0.6 is 0 Å². The molecule has 1 fully saturated rings.